The summed E-state index contributed by atoms with van der Waals surface area (Å²) in [6.45, 7) is 0. The minimum Gasteiger partial charge on any atom is -0.507 e. The molecule has 0 spiro atoms. The number of imide groups is 1. The summed E-state index contributed by atoms with van der Waals surface area (Å²) in [4.78, 5) is 22.6. The van der Waals surface area contributed by atoms with E-state index in [2.05, 4.69) is 5.32 Å². The Labute approximate surface area is 111 Å². The van der Waals surface area contributed by atoms with Crippen molar-refractivity contribution in [2.75, 3.05) is 0 Å². The number of amides is 2. The van der Waals surface area contributed by atoms with E-state index in [0.29, 0.717) is 6.42 Å². The van der Waals surface area contributed by atoms with Gasteiger partial charge >= 0.3 is 0 Å². The summed E-state index contributed by atoms with van der Waals surface area (Å²) in [5.41, 5.74) is 0.986. The first-order valence-electron chi connectivity index (χ1n) is 5.34. The van der Waals surface area contributed by atoms with Crippen molar-refractivity contribution in [3.05, 3.63) is 29.1 Å². The largest absolute Gasteiger partial charge is 0.507 e. The van der Waals surface area contributed by atoms with E-state index in [1.807, 2.05) is 17.5 Å². The maximum atomic E-state index is 11.5. The van der Waals surface area contributed by atoms with Gasteiger partial charge in [-0.3, -0.25) is 14.9 Å². The van der Waals surface area contributed by atoms with Crippen LogP contribution >= 0.6 is 23.1 Å². The minimum atomic E-state index is -0.368. The second-order valence-corrected chi connectivity index (χ2v) is 6.09. The van der Waals surface area contributed by atoms with Gasteiger partial charge in [-0.2, -0.15) is 0 Å². The zero-order valence-electron chi connectivity index (χ0n) is 9.17. The molecule has 2 N–H and O–H groups in total. The van der Waals surface area contributed by atoms with Crippen LogP contribution in [0.4, 0.5) is 4.79 Å². The van der Waals surface area contributed by atoms with Crippen LogP contribution in [0.2, 0.25) is 0 Å². The molecule has 1 atom stereocenters. The molecule has 0 saturated carbocycles. The molecule has 0 bridgehead atoms. The van der Waals surface area contributed by atoms with Crippen LogP contribution in [-0.2, 0) is 11.2 Å². The Morgan fingerprint density at radius 1 is 1.28 bits per heavy atom. The lowest BCUT2D eigenvalue weighted by Crippen LogP contribution is -2.25. The molecule has 2 aromatic rings. The molecule has 1 aromatic carbocycles. The van der Waals surface area contributed by atoms with E-state index in [9.17, 15) is 14.7 Å². The molecule has 92 valence electrons. The highest BCUT2D eigenvalue weighted by molar-refractivity contribution is 8.15. The van der Waals surface area contributed by atoms with Crippen molar-refractivity contribution in [1.82, 2.24) is 5.32 Å². The number of benzene rings is 1. The Kier molecular flexibility index (Phi) is 2.76. The predicted octanol–water partition coefficient (Wildman–Crippen LogP) is 2.50. The number of carbonyl (C=O) groups excluding carboxylic acids is 2. The Hall–Kier alpha value is -1.53. The Bertz CT molecular complexity index is 650. The van der Waals surface area contributed by atoms with Gasteiger partial charge in [-0.25, -0.2) is 0 Å². The zero-order valence-corrected chi connectivity index (χ0v) is 10.8. The summed E-state index contributed by atoms with van der Waals surface area (Å²) in [6, 6.07) is 5.29. The molecule has 18 heavy (non-hydrogen) atoms. The molecular formula is C12H9NO3S2. The highest BCUT2D eigenvalue weighted by atomic mass is 32.2. The van der Waals surface area contributed by atoms with Gasteiger partial charge < -0.3 is 5.11 Å². The van der Waals surface area contributed by atoms with Crippen molar-refractivity contribution in [3.8, 4) is 5.75 Å². The molecule has 1 aromatic heterocycles. The molecular weight excluding hydrogens is 270 g/mol. The van der Waals surface area contributed by atoms with Crippen molar-refractivity contribution in [2.45, 2.75) is 11.7 Å². The predicted molar refractivity (Wildman–Crippen MR) is 72.1 cm³/mol. The van der Waals surface area contributed by atoms with Crippen LogP contribution < -0.4 is 5.32 Å². The molecule has 3 rings (SSSR count). The average molecular weight is 279 g/mol. The fourth-order valence-electron chi connectivity index (χ4n) is 1.99. The number of phenols is 1. The van der Waals surface area contributed by atoms with E-state index in [1.165, 1.54) is 11.3 Å². The standard InChI is InChI=1S/C12H9NO3S2/c14-8-2-1-6(10-7(8)3-4-17-10)5-9-11(15)13-12(16)18-9/h1-4,9,14H,5H2,(H,13,15,16)/t9-/m1/s1. The van der Waals surface area contributed by atoms with Crippen LogP contribution in [0.15, 0.2) is 23.6 Å². The van der Waals surface area contributed by atoms with E-state index in [4.69, 9.17) is 0 Å². The van der Waals surface area contributed by atoms with Gasteiger partial charge in [-0.05, 0) is 29.5 Å². The topological polar surface area (TPSA) is 66.4 Å². The maximum absolute atomic E-state index is 11.5. The monoisotopic (exact) mass is 279 g/mol. The lowest BCUT2D eigenvalue weighted by Gasteiger charge is -2.07. The van der Waals surface area contributed by atoms with E-state index in [-0.39, 0.29) is 22.1 Å². The third-order valence-corrected chi connectivity index (χ3v) is 4.82. The van der Waals surface area contributed by atoms with E-state index in [1.54, 1.807) is 6.07 Å². The van der Waals surface area contributed by atoms with E-state index < -0.39 is 0 Å². The molecule has 0 aliphatic carbocycles. The molecule has 0 radical (unpaired) electrons. The first kappa shape index (κ1) is 11.6. The van der Waals surface area contributed by atoms with Crippen LogP contribution in [0.25, 0.3) is 10.1 Å². The second kappa shape index (κ2) is 4.29. The summed E-state index contributed by atoms with van der Waals surface area (Å²) in [6.07, 6.45) is 0.500. The summed E-state index contributed by atoms with van der Waals surface area (Å²) >= 11 is 2.55. The first-order valence-corrected chi connectivity index (χ1v) is 7.10. The number of nitrogens with one attached hydrogen (secondary N) is 1. The molecule has 1 aliphatic rings. The summed E-state index contributed by atoms with van der Waals surface area (Å²) in [7, 11) is 0. The quantitative estimate of drug-likeness (QED) is 0.886. The number of hydrogen-bond acceptors (Lipinski definition) is 5. The lowest BCUT2D eigenvalue weighted by atomic mass is 10.1. The highest BCUT2D eigenvalue weighted by Gasteiger charge is 2.32. The van der Waals surface area contributed by atoms with Gasteiger partial charge in [0.05, 0.1) is 5.25 Å². The molecule has 0 unspecified atom stereocenters. The Morgan fingerprint density at radius 3 is 2.83 bits per heavy atom. The van der Waals surface area contributed by atoms with Crippen LogP contribution in [0.1, 0.15) is 5.56 Å². The van der Waals surface area contributed by atoms with Gasteiger partial charge in [-0.15, -0.1) is 11.3 Å². The minimum absolute atomic E-state index is 0.234. The van der Waals surface area contributed by atoms with Crippen LogP contribution in [0.5, 0.6) is 5.75 Å². The molecule has 2 amide bonds. The third-order valence-electron chi connectivity index (χ3n) is 2.85. The average Bonchev–Trinajstić information content (AvgIpc) is 2.91. The van der Waals surface area contributed by atoms with Crippen LogP contribution in [0, 0.1) is 0 Å². The van der Waals surface area contributed by atoms with Gasteiger partial charge in [0.1, 0.15) is 5.75 Å². The Balaban J connectivity index is 1.96. The fourth-order valence-corrected chi connectivity index (χ4v) is 3.78. The van der Waals surface area contributed by atoms with E-state index >= 15 is 0 Å². The fraction of sp³-hybridized carbons (Fsp3) is 0.167. The molecule has 6 heteroatoms. The van der Waals surface area contributed by atoms with Gasteiger partial charge in [-0.1, -0.05) is 17.8 Å². The number of carbonyl (C=O) groups is 2. The SMILES string of the molecule is O=C1NC(=O)[C@@H](Cc2ccc(O)c3ccsc23)S1. The number of aromatic hydroxyl groups is 1. The van der Waals surface area contributed by atoms with Crippen molar-refractivity contribution in [1.29, 1.82) is 0 Å². The number of phenolic OH excluding ortho intramolecular Hbond substituents is 1. The van der Waals surface area contributed by atoms with Gasteiger partial charge in [0.2, 0.25) is 5.91 Å². The maximum Gasteiger partial charge on any atom is 0.286 e. The van der Waals surface area contributed by atoms with Gasteiger partial charge in [0, 0.05) is 10.1 Å². The number of rotatable bonds is 2. The normalized spacial score (nSPS) is 19.4. The van der Waals surface area contributed by atoms with Gasteiger partial charge in [0.25, 0.3) is 5.24 Å². The van der Waals surface area contributed by atoms with Crippen molar-refractivity contribution < 1.29 is 14.7 Å². The molecule has 4 nitrogen and oxygen atoms in total. The summed E-state index contributed by atoms with van der Waals surface area (Å²) < 4.78 is 0.975. The highest BCUT2D eigenvalue weighted by Crippen LogP contribution is 2.34. The molecule has 1 aliphatic heterocycles. The van der Waals surface area contributed by atoms with Crippen LogP contribution in [-0.4, -0.2) is 21.5 Å². The summed E-state index contributed by atoms with van der Waals surface area (Å²) in [5, 5.41) is 14.0. The van der Waals surface area contributed by atoms with Gasteiger partial charge in [0.15, 0.2) is 0 Å². The van der Waals surface area contributed by atoms with Crippen molar-refractivity contribution in [2.24, 2.45) is 0 Å². The van der Waals surface area contributed by atoms with E-state index in [0.717, 1.165) is 27.4 Å². The first-order chi connectivity index (χ1) is 8.65. The molecule has 1 saturated heterocycles. The van der Waals surface area contributed by atoms with Crippen molar-refractivity contribution >= 4 is 44.3 Å². The number of thiophene rings is 1. The molecule has 2 heterocycles. The second-order valence-electron chi connectivity index (χ2n) is 3.99. The smallest absolute Gasteiger partial charge is 0.286 e. The lowest BCUT2D eigenvalue weighted by molar-refractivity contribution is -0.118. The van der Waals surface area contributed by atoms with Crippen molar-refractivity contribution in [3.63, 3.8) is 0 Å². The number of thioether (sulfide) groups is 1. The third kappa shape index (κ3) is 1.87. The number of hydrogen-bond donors (Lipinski definition) is 2. The Morgan fingerprint density at radius 2 is 2.11 bits per heavy atom. The molecule has 1 fully saturated rings. The summed E-state index contributed by atoms with van der Waals surface area (Å²) in [5.74, 6) is 0.0115. The van der Waals surface area contributed by atoms with Crippen LogP contribution in [0.3, 0.4) is 0 Å². The zero-order chi connectivity index (χ0) is 12.7. The number of fused-ring (bicyclic) bond motifs is 1.